The summed E-state index contributed by atoms with van der Waals surface area (Å²) in [6, 6.07) is 0. The summed E-state index contributed by atoms with van der Waals surface area (Å²) in [4.78, 5) is 13.6. The zero-order valence-electron chi connectivity index (χ0n) is 7.76. The van der Waals surface area contributed by atoms with E-state index in [0.717, 1.165) is 0 Å². The Morgan fingerprint density at radius 3 is 2.41 bits per heavy atom. The zero-order chi connectivity index (χ0) is 13.2. The van der Waals surface area contributed by atoms with Gasteiger partial charge in [-0.1, -0.05) is 0 Å². The van der Waals surface area contributed by atoms with Crippen molar-refractivity contribution in [3.63, 3.8) is 0 Å². The van der Waals surface area contributed by atoms with Crippen molar-refractivity contribution in [2.24, 2.45) is 0 Å². The van der Waals surface area contributed by atoms with Gasteiger partial charge in [-0.3, -0.25) is 4.79 Å². The fraction of sp³-hybridized carbons (Fsp3) is 0.250. The molecule has 0 saturated heterocycles. The van der Waals surface area contributed by atoms with Crippen molar-refractivity contribution in [1.82, 2.24) is 4.98 Å². The average molecular weight is 320 g/mol. The Morgan fingerprint density at radius 1 is 1.41 bits per heavy atom. The molecule has 0 amide bonds. The van der Waals surface area contributed by atoms with Crippen LogP contribution in [0.15, 0.2) is 10.7 Å². The van der Waals surface area contributed by atoms with Gasteiger partial charge in [-0.2, -0.15) is 0 Å². The van der Waals surface area contributed by atoms with Crippen LogP contribution >= 0.6 is 15.9 Å². The van der Waals surface area contributed by atoms with E-state index in [9.17, 15) is 26.7 Å². The normalized spacial score (nSPS) is 11.7. The van der Waals surface area contributed by atoms with Gasteiger partial charge < -0.3 is 4.74 Å². The summed E-state index contributed by atoms with van der Waals surface area (Å²) in [5.41, 5.74) is -1.59. The minimum absolute atomic E-state index is 0.0175. The molecule has 0 aliphatic carbocycles. The Labute approximate surface area is 99.7 Å². The molecule has 0 fully saturated rings. The number of halogens is 6. The van der Waals surface area contributed by atoms with E-state index in [0.29, 0.717) is 6.20 Å². The molecule has 0 aromatic carbocycles. The topological polar surface area (TPSA) is 39.2 Å². The number of carbonyl (C=O) groups is 1. The van der Waals surface area contributed by atoms with Crippen molar-refractivity contribution in [3.05, 3.63) is 21.9 Å². The van der Waals surface area contributed by atoms with Crippen LogP contribution in [0.3, 0.4) is 0 Å². The Morgan fingerprint density at radius 2 is 2.00 bits per heavy atom. The van der Waals surface area contributed by atoms with Gasteiger partial charge in [-0.25, -0.2) is 13.8 Å². The molecule has 0 N–H and O–H groups in total. The molecule has 0 radical (unpaired) electrons. The number of aromatic nitrogens is 1. The third kappa shape index (κ3) is 3.35. The van der Waals surface area contributed by atoms with Crippen molar-refractivity contribution in [2.45, 2.75) is 12.8 Å². The maximum absolute atomic E-state index is 12.5. The highest BCUT2D eigenvalue weighted by Gasteiger charge is 2.33. The van der Waals surface area contributed by atoms with Gasteiger partial charge in [0.25, 0.3) is 6.43 Å². The second-order valence-electron chi connectivity index (χ2n) is 2.70. The van der Waals surface area contributed by atoms with E-state index in [-0.39, 0.29) is 6.29 Å². The second-order valence-corrected chi connectivity index (χ2v) is 3.49. The number of carbonyl (C=O) groups excluding carboxylic acids is 1. The standard InChI is InChI=1S/C8H3BrF5NO2/c9-6-4(17-8(12,13)14)1-15-3(2-16)5(6)7(10)11/h1-2,7H. The summed E-state index contributed by atoms with van der Waals surface area (Å²) in [5.74, 6) is -0.932. The van der Waals surface area contributed by atoms with Crippen LogP contribution in [0.1, 0.15) is 22.5 Å². The lowest BCUT2D eigenvalue weighted by atomic mass is 10.2. The van der Waals surface area contributed by atoms with Crippen LogP contribution in [-0.4, -0.2) is 17.6 Å². The number of aldehydes is 1. The Bertz CT molecular complexity index is 435. The van der Waals surface area contributed by atoms with Gasteiger partial charge in [0.15, 0.2) is 12.0 Å². The molecule has 1 heterocycles. The monoisotopic (exact) mass is 319 g/mol. The molecule has 0 saturated carbocycles. The number of hydrogen-bond acceptors (Lipinski definition) is 3. The first-order valence-electron chi connectivity index (χ1n) is 3.93. The molecule has 0 aliphatic rings. The lowest BCUT2D eigenvalue weighted by Gasteiger charge is -2.13. The molecule has 0 unspecified atom stereocenters. The van der Waals surface area contributed by atoms with Crippen molar-refractivity contribution >= 4 is 22.2 Å². The Kier molecular flexibility index (Phi) is 4.02. The van der Waals surface area contributed by atoms with Gasteiger partial charge in [-0.05, 0) is 15.9 Å². The number of hydrogen-bond donors (Lipinski definition) is 0. The maximum atomic E-state index is 12.5. The summed E-state index contributed by atoms with van der Waals surface area (Å²) >= 11 is 2.52. The average Bonchev–Trinajstić information content (AvgIpc) is 2.18. The first-order chi connectivity index (χ1) is 7.76. The number of rotatable bonds is 3. The first-order valence-corrected chi connectivity index (χ1v) is 4.73. The third-order valence-electron chi connectivity index (χ3n) is 1.61. The van der Waals surface area contributed by atoms with Crippen LogP contribution < -0.4 is 4.74 Å². The van der Waals surface area contributed by atoms with Crippen LogP contribution in [0.4, 0.5) is 22.0 Å². The molecule has 0 aliphatic heterocycles. The Hall–Kier alpha value is -1.25. The van der Waals surface area contributed by atoms with Crippen LogP contribution in [0.2, 0.25) is 0 Å². The van der Waals surface area contributed by atoms with Gasteiger partial charge in [0.2, 0.25) is 0 Å². The molecule has 9 heteroatoms. The van der Waals surface area contributed by atoms with Crippen LogP contribution in [-0.2, 0) is 0 Å². The second kappa shape index (κ2) is 4.94. The van der Waals surface area contributed by atoms with Gasteiger partial charge >= 0.3 is 6.36 Å². The van der Waals surface area contributed by atoms with Gasteiger partial charge in [0.05, 0.1) is 16.2 Å². The van der Waals surface area contributed by atoms with Crippen molar-refractivity contribution in [1.29, 1.82) is 0 Å². The van der Waals surface area contributed by atoms with E-state index in [1.165, 1.54) is 0 Å². The van der Waals surface area contributed by atoms with E-state index < -0.39 is 34.3 Å². The van der Waals surface area contributed by atoms with E-state index in [2.05, 4.69) is 25.7 Å². The van der Waals surface area contributed by atoms with E-state index in [4.69, 9.17) is 0 Å². The largest absolute Gasteiger partial charge is 0.573 e. The number of alkyl halides is 5. The predicted molar refractivity (Wildman–Crippen MR) is 49.0 cm³/mol. The van der Waals surface area contributed by atoms with Crippen LogP contribution in [0, 0.1) is 0 Å². The van der Waals surface area contributed by atoms with Crippen molar-refractivity contribution < 1.29 is 31.5 Å². The maximum Gasteiger partial charge on any atom is 0.573 e. The molecule has 3 nitrogen and oxygen atoms in total. The SMILES string of the molecule is O=Cc1ncc(OC(F)(F)F)c(Br)c1C(F)F. The summed E-state index contributed by atoms with van der Waals surface area (Å²) in [5, 5.41) is 0. The first kappa shape index (κ1) is 13.8. The molecule has 0 bridgehead atoms. The molecule has 0 atom stereocenters. The van der Waals surface area contributed by atoms with E-state index >= 15 is 0 Å². The molecular formula is C8H3BrF5NO2. The minimum atomic E-state index is -5.04. The molecule has 17 heavy (non-hydrogen) atoms. The van der Waals surface area contributed by atoms with Crippen molar-refractivity contribution in [3.8, 4) is 5.75 Å². The summed E-state index contributed by atoms with van der Waals surface area (Å²) in [6.07, 6.45) is -7.64. The highest BCUT2D eigenvalue weighted by Crippen LogP contribution is 2.37. The fourth-order valence-electron chi connectivity index (χ4n) is 0.997. The third-order valence-corrected chi connectivity index (χ3v) is 2.42. The summed E-state index contributed by atoms with van der Waals surface area (Å²) in [7, 11) is 0. The highest BCUT2D eigenvalue weighted by molar-refractivity contribution is 9.10. The quantitative estimate of drug-likeness (QED) is 0.632. The lowest BCUT2D eigenvalue weighted by molar-refractivity contribution is -0.275. The summed E-state index contributed by atoms with van der Waals surface area (Å²) in [6.45, 7) is 0. The number of pyridine rings is 1. The number of nitrogens with zero attached hydrogens (tertiary/aromatic N) is 1. The van der Waals surface area contributed by atoms with Crippen molar-refractivity contribution in [2.75, 3.05) is 0 Å². The highest BCUT2D eigenvalue weighted by atomic mass is 79.9. The molecule has 94 valence electrons. The minimum Gasteiger partial charge on any atom is -0.403 e. The molecule has 1 aromatic rings. The Balaban J connectivity index is 3.28. The smallest absolute Gasteiger partial charge is 0.403 e. The van der Waals surface area contributed by atoms with Gasteiger partial charge in [0, 0.05) is 0 Å². The van der Waals surface area contributed by atoms with E-state index in [1.54, 1.807) is 0 Å². The van der Waals surface area contributed by atoms with Crippen LogP contribution in [0.25, 0.3) is 0 Å². The fourth-order valence-corrected chi connectivity index (χ4v) is 1.56. The zero-order valence-corrected chi connectivity index (χ0v) is 9.35. The van der Waals surface area contributed by atoms with E-state index in [1.807, 2.05) is 0 Å². The molecule has 0 spiro atoms. The molecular weight excluding hydrogens is 317 g/mol. The molecule has 1 aromatic heterocycles. The number of ether oxygens (including phenoxy) is 1. The lowest BCUT2D eigenvalue weighted by Crippen LogP contribution is -2.18. The van der Waals surface area contributed by atoms with Crippen LogP contribution in [0.5, 0.6) is 5.75 Å². The van der Waals surface area contributed by atoms with Gasteiger partial charge in [-0.15, -0.1) is 13.2 Å². The van der Waals surface area contributed by atoms with Gasteiger partial charge in [0.1, 0.15) is 5.69 Å². The molecule has 1 rings (SSSR count). The summed E-state index contributed by atoms with van der Waals surface area (Å²) < 4.78 is 63.6. The predicted octanol–water partition coefficient (Wildman–Crippen LogP) is 3.49.